The van der Waals surface area contributed by atoms with Gasteiger partial charge in [-0.05, 0) is 35.2 Å². The number of amidine groups is 1. The van der Waals surface area contributed by atoms with Gasteiger partial charge in [0.2, 0.25) is 0 Å². The van der Waals surface area contributed by atoms with Gasteiger partial charge in [-0.15, -0.1) is 0 Å². The molecule has 106 valence electrons. The van der Waals surface area contributed by atoms with Crippen LogP contribution in [0.25, 0.3) is 10.8 Å². The van der Waals surface area contributed by atoms with Crippen LogP contribution in [0.3, 0.4) is 0 Å². The van der Waals surface area contributed by atoms with Gasteiger partial charge in [0.1, 0.15) is 5.84 Å². The molecule has 0 amide bonds. The zero-order valence-electron chi connectivity index (χ0n) is 12.3. The largest absolute Gasteiger partial charge is 0.384 e. The lowest BCUT2D eigenvalue weighted by atomic mass is 10.0. The Hall–Kier alpha value is -1.83. The van der Waals surface area contributed by atoms with Crippen LogP contribution >= 0.6 is 0 Å². The molecule has 0 saturated heterocycles. The third-order valence-electron chi connectivity index (χ3n) is 3.78. The van der Waals surface area contributed by atoms with Gasteiger partial charge in [-0.25, -0.2) is 0 Å². The summed E-state index contributed by atoms with van der Waals surface area (Å²) in [6, 6.07) is 12.6. The molecule has 2 heteroatoms. The van der Waals surface area contributed by atoms with Crippen molar-refractivity contribution in [2.45, 2.75) is 45.4 Å². The van der Waals surface area contributed by atoms with Crippen molar-refractivity contribution in [1.82, 2.24) is 0 Å². The van der Waals surface area contributed by atoms with E-state index in [0.29, 0.717) is 0 Å². The zero-order valence-corrected chi connectivity index (χ0v) is 12.3. The Labute approximate surface area is 121 Å². The number of nitrogens with two attached hydrogens (primary N) is 1. The average molecular weight is 268 g/mol. The Kier molecular flexibility index (Phi) is 5.16. The number of aryl methyl sites for hydroxylation is 1. The molecular weight excluding hydrogens is 244 g/mol. The first kappa shape index (κ1) is 14.6. The average Bonchev–Trinajstić information content (AvgIpc) is 2.46. The van der Waals surface area contributed by atoms with E-state index in [-0.39, 0.29) is 5.84 Å². The number of unbranched alkanes of at least 4 members (excludes halogenated alkanes) is 4. The molecule has 0 spiro atoms. The van der Waals surface area contributed by atoms with E-state index in [1.54, 1.807) is 0 Å². The van der Waals surface area contributed by atoms with Crippen LogP contribution in [0.2, 0.25) is 0 Å². The number of hydrogen-bond acceptors (Lipinski definition) is 1. The fourth-order valence-electron chi connectivity index (χ4n) is 2.55. The molecule has 0 aliphatic heterocycles. The fourth-order valence-corrected chi connectivity index (χ4v) is 2.55. The second-order valence-electron chi connectivity index (χ2n) is 5.47. The molecule has 0 aromatic heterocycles. The standard InChI is InChI=1S/C18H24N2/c1-2-3-4-5-6-7-14-8-9-16-13-17(18(19)20)11-10-15(16)12-14/h8-13H,2-7H2,1H3,(H3,19,20). The Morgan fingerprint density at radius 1 is 0.950 bits per heavy atom. The number of nitrogen functional groups attached to an aromatic ring is 1. The van der Waals surface area contributed by atoms with Crippen molar-refractivity contribution in [1.29, 1.82) is 5.41 Å². The first-order valence-electron chi connectivity index (χ1n) is 7.58. The van der Waals surface area contributed by atoms with E-state index >= 15 is 0 Å². The van der Waals surface area contributed by atoms with Gasteiger partial charge in [-0.1, -0.05) is 62.9 Å². The summed E-state index contributed by atoms with van der Waals surface area (Å²) >= 11 is 0. The summed E-state index contributed by atoms with van der Waals surface area (Å²) < 4.78 is 0. The summed E-state index contributed by atoms with van der Waals surface area (Å²) in [4.78, 5) is 0. The highest BCUT2D eigenvalue weighted by atomic mass is 14.7. The molecule has 0 fully saturated rings. The lowest BCUT2D eigenvalue weighted by molar-refractivity contribution is 0.632. The van der Waals surface area contributed by atoms with Crippen molar-refractivity contribution in [3.05, 3.63) is 47.5 Å². The van der Waals surface area contributed by atoms with Crippen LogP contribution in [0, 0.1) is 5.41 Å². The summed E-state index contributed by atoms with van der Waals surface area (Å²) in [6.45, 7) is 2.25. The molecule has 0 saturated carbocycles. The van der Waals surface area contributed by atoms with E-state index in [9.17, 15) is 0 Å². The third-order valence-corrected chi connectivity index (χ3v) is 3.78. The predicted octanol–water partition coefficient (Wildman–Crippen LogP) is 4.64. The minimum Gasteiger partial charge on any atom is -0.384 e. The summed E-state index contributed by atoms with van der Waals surface area (Å²) in [5.41, 5.74) is 7.73. The number of nitrogens with one attached hydrogen (secondary N) is 1. The van der Waals surface area contributed by atoms with Gasteiger partial charge >= 0.3 is 0 Å². The quantitative estimate of drug-likeness (QED) is 0.429. The molecule has 2 aromatic carbocycles. The maximum absolute atomic E-state index is 7.48. The van der Waals surface area contributed by atoms with E-state index in [1.807, 2.05) is 12.1 Å². The molecule has 2 rings (SSSR count). The Morgan fingerprint density at radius 3 is 2.40 bits per heavy atom. The van der Waals surface area contributed by atoms with Gasteiger partial charge in [0.05, 0.1) is 0 Å². The summed E-state index contributed by atoms with van der Waals surface area (Å²) in [7, 11) is 0. The van der Waals surface area contributed by atoms with Crippen molar-refractivity contribution >= 4 is 16.6 Å². The highest BCUT2D eigenvalue weighted by molar-refractivity contribution is 5.99. The molecule has 3 N–H and O–H groups in total. The molecule has 0 radical (unpaired) electrons. The van der Waals surface area contributed by atoms with Crippen molar-refractivity contribution in [3.63, 3.8) is 0 Å². The summed E-state index contributed by atoms with van der Waals surface area (Å²) in [5, 5.41) is 9.87. The molecule has 0 atom stereocenters. The molecular formula is C18H24N2. The van der Waals surface area contributed by atoms with Crippen LogP contribution in [0.1, 0.15) is 50.2 Å². The van der Waals surface area contributed by atoms with Crippen molar-refractivity contribution < 1.29 is 0 Å². The summed E-state index contributed by atoms with van der Waals surface area (Å²) in [5.74, 6) is 0.131. The van der Waals surface area contributed by atoms with Gasteiger partial charge in [0, 0.05) is 5.56 Å². The highest BCUT2D eigenvalue weighted by Crippen LogP contribution is 2.19. The monoisotopic (exact) mass is 268 g/mol. The van der Waals surface area contributed by atoms with Gasteiger partial charge in [-0.2, -0.15) is 0 Å². The van der Waals surface area contributed by atoms with Gasteiger partial charge in [-0.3, -0.25) is 5.41 Å². The van der Waals surface area contributed by atoms with E-state index < -0.39 is 0 Å². The fraction of sp³-hybridized carbons (Fsp3) is 0.389. The number of rotatable bonds is 7. The number of fused-ring (bicyclic) bond motifs is 1. The smallest absolute Gasteiger partial charge is 0.122 e. The molecule has 0 bridgehead atoms. The molecule has 2 nitrogen and oxygen atoms in total. The van der Waals surface area contributed by atoms with Crippen LogP contribution in [-0.2, 0) is 6.42 Å². The second kappa shape index (κ2) is 7.09. The SMILES string of the molecule is CCCCCCCc1ccc2cc(C(=N)N)ccc2c1. The Bertz CT molecular complexity index is 587. The highest BCUT2D eigenvalue weighted by Gasteiger charge is 2.01. The normalized spacial score (nSPS) is 10.8. The van der Waals surface area contributed by atoms with E-state index in [2.05, 4.69) is 31.2 Å². The maximum Gasteiger partial charge on any atom is 0.122 e. The first-order chi connectivity index (χ1) is 9.70. The lowest BCUT2D eigenvalue weighted by Crippen LogP contribution is -2.10. The van der Waals surface area contributed by atoms with Crippen LogP contribution in [-0.4, -0.2) is 5.84 Å². The van der Waals surface area contributed by atoms with Crippen LogP contribution in [0.15, 0.2) is 36.4 Å². The zero-order chi connectivity index (χ0) is 14.4. The van der Waals surface area contributed by atoms with Crippen LogP contribution in [0.4, 0.5) is 0 Å². The Morgan fingerprint density at radius 2 is 1.65 bits per heavy atom. The maximum atomic E-state index is 7.48. The molecule has 0 aliphatic carbocycles. The molecule has 0 aliphatic rings. The minimum atomic E-state index is 0.131. The topological polar surface area (TPSA) is 49.9 Å². The van der Waals surface area contributed by atoms with Gasteiger partial charge < -0.3 is 5.73 Å². The van der Waals surface area contributed by atoms with Crippen LogP contribution < -0.4 is 5.73 Å². The number of hydrogen-bond donors (Lipinski definition) is 2. The van der Waals surface area contributed by atoms with Gasteiger partial charge in [0.15, 0.2) is 0 Å². The van der Waals surface area contributed by atoms with E-state index in [4.69, 9.17) is 11.1 Å². The minimum absolute atomic E-state index is 0.131. The van der Waals surface area contributed by atoms with Gasteiger partial charge in [0.25, 0.3) is 0 Å². The molecule has 0 unspecified atom stereocenters. The third kappa shape index (κ3) is 3.83. The predicted molar refractivity (Wildman–Crippen MR) is 87.4 cm³/mol. The molecule has 0 heterocycles. The first-order valence-corrected chi connectivity index (χ1v) is 7.58. The Balaban J connectivity index is 2.02. The van der Waals surface area contributed by atoms with Crippen molar-refractivity contribution in [2.24, 2.45) is 5.73 Å². The number of benzene rings is 2. The van der Waals surface area contributed by atoms with Crippen LogP contribution in [0.5, 0.6) is 0 Å². The van der Waals surface area contributed by atoms with Crippen molar-refractivity contribution in [3.8, 4) is 0 Å². The second-order valence-corrected chi connectivity index (χ2v) is 5.47. The lowest BCUT2D eigenvalue weighted by Gasteiger charge is -2.06. The van der Waals surface area contributed by atoms with E-state index in [1.165, 1.54) is 43.1 Å². The van der Waals surface area contributed by atoms with E-state index in [0.717, 1.165) is 17.4 Å². The molecule has 2 aromatic rings. The van der Waals surface area contributed by atoms with Crippen molar-refractivity contribution in [2.75, 3.05) is 0 Å². The summed E-state index contributed by atoms with van der Waals surface area (Å²) in [6.07, 6.45) is 7.77. The molecule has 20 heavy (non-hydrogen) atoms.